The normalized spacial score (nSPS) is 13.8. The lowest BCUT2D eigenvalue weighted by molar-refractivity contribution is 0.0939. The van der Waals surface area contributed by atoms with Gasteiger partial charge in [-0.3, -0.25) is 9.59 Å². The highest BCUT2D eigenvalue weighted by Crippen LogP contribution is 2.37. The number of benzene rings is 3. The summed E-state index contributed by atoms with van der Waals surface area (Å²) in [6.45, 7) is 1.96. The van der Waals surface area contributed by atoms with Gasteiger partial charge in [0.25, 0.3) is 11.8 Å². The number of amides is 2. The van der Waals surface area contributed by atoms with Gasteiger partial charge in [0, 0.05) is 23.6 Å². The smallest absolute Gasteiger partial charge is 0.255 e. The van der Waals surface area contributed by atoms with Crippen molar-refractivity contribution in [2.75, 3.05) is 7.05 Å². The zero-order chi connectivity index (χ0) is 24.7. The van der Waals surface area contributed by atoms with Crippen LogP contribution in [0.1, 0.15) is 39.1 Å². The Balaban J connectivity index is 1.60. The number of fused-ring (bicyclic) bond motifs is 1. The van der Waals surface area contributed by atoms with Crippen LogP contribution in [0.25, 0.3) is 33.4 Å². The second-order valence-corrected chi connectivity index (χ2v) is 8.81. The summed E-state index contributed by atoms with van der Waals surface area (Å²) in [6.07, 6.45) is 7.13. The first-order valence-corrected chi connectivity index (χ1v) is 11.3. The Morgan fingerprint density at radius 2 is 1.71 bits per heavy atom. The third-order valence-electron chi connectivity index (χ3n) is 6.44. The minimum Gasteiger partial charge on any atom is -0.455 e. The SMILES string of the molecule is C#CC1(NC(=O)c2ccc(C)c(-c3ccc4oc(-c5ccc(F)cc5)c(C(=O)NC)c4c3)c2)CC1. The molecule has 0 radical (unpaired) electrons. The predicted molar refractivity (Wildman–Crippen MR) is 133 cm³/mol. The van der Waals surface area contributed by atoms with Crippen molar-refractivity contribution in [3.8, 4) is 34.8 Å². The fourth-order valence-electron chi connectivity index (χ4n) is 4.21. The molecule has 1 saturated carbocycles. The molecule has 0 atom stereocenters. The van der Waals surface area contributed by atoms with Crippen molar-refractivity contribution < 1.29 is 18.4 Å². The van der Waals surface area contributed by atoms with E-state index in [0.717, 1.165) is 29.5 Å². The maximum Gasteiger partial charge on any atom is 0.255 e. The Bertz CT molecular complexity index is 1520. The van der Waals surface area contributed by atoms with Crippen molar-refractivity contribution in [2.24, 2.45) is 0 Å². The van der Waals surface area contributed by atoms with Crippen LogP contribution in [0.5, 0.6) is 0 Å². The van der Waals surface area contributed by atoms with Gasteiger partial charge in [-0.25, -0.2) is 4.39 Å². The Kier molecular flexibility index (Phi) is 5.41. The molecule has 174 valence electrons. The van der Waals surface area contributed by atoms with Crippen LogP contribution in [0.3, 0.4) is 0 Å². The van der Waals surface area contributed by atoms with E-state index >= 15 is 0 Å². The highest BCUT2D eigenvalue weighted by Gasteiger charge is 2.42. The number of aryl methyl sites for hydroxylation is 1. The molecule has 0 aliphatic heterocycles. The van der Waals surface area contributed by atoms with Crippen LogP contribution in [0, 0.1) is 25.1 Å². The third kappa shape index (κ3) is 4.06. The summed E-state index contributed by atoms with van der Waals surface area (Å²) in [6, 6.07) is 16.9. The molecule has 1 heterocycles. The molecule has 0 bridgehead atoms. The number of hydrogen-bond acceptors (Lipinski definition) is 3. The molecular weight excluding hydrogens is 443 g/mol. The van der Waals surface area contributed by atoms with E-state index in [1.54, 1.807) is 31.3 Å². The first-order chi connectivity index (χ1) is 16.8. The van der Waals surface area contributed by atoms with Gasteiger partial charge in [0.05, 0.1) is 5.56 Å². The van der Waals surface area contributed by atoms with Gasteiger partial charge in [-0.2, -0.15) is 0 Å². The number of rotatable bonds is 5. The van der Waals surface area contributed by atoms with Crippen molar-refractivity contribution in [1.82, 2.24) is 10.6 Å². The van der Waals surface area contributed by atoms with Crippen molar-refractivity contribution in [3.05, 3.63) is 83.2 Å². The standard InChI is InChI=1S/C29H23FN2O3/c1-4-29(13-14-29)32-27(33)20-6-5-17(2)22(16-20)19-9-12-24-23(15-19)25(28(34)31-3)26(35-24)18-7-10-21(30)11-8-18/h1,5-12,15-16H,13-14H2,2-3H3,(H,31,34)(H,32,33). The molecule has 6 heteroatoms. The number of furan rings is 1. The van der Waals surface area contributed by atoms with Crippen molar-refractivity contribution in [3.63, 3.8) is 0 Å². The third-order valence-corrected chi connectivity index (χ3v) is 6.44. The molecule has 1 aliphatic carbocycles. The molecule has 0 spiro atoms. The van der Waals surface area contributed by atoms with Gasteiger partial charge < -0.3 is 15.1 Å². The highest BCUT2D eigenvalue weighted by atomic mass is 19.1. The number of carbonyl (C=O) groups is 2. The van der Waals surface area contributed by atoms with E-state index in [1.807, 2.05) is 31.2 Å². The van der Waals surface area contributed by atoms with Crippen LogP contribution in [0.2, 0.25) is 0 Å². The summed E-state index contributed by atoms with van der Waals surface area (Å²) in [4.78, 5) is 25.7. The van der Waals surface area contributed by atoms with E-state index in [0.29, 0.717) is 33.4 Å². The van der Waals surface area contributed by atoms with E-state index in [9.17, 15) is 14.0 Å². The molecule has 1 aliphatic rings. The van der Waals surface area contributed by atoms with Crippen molar-refractivity contribution in [1.29, 1.82) is 0 Å². The first-order valence-electron chi connectivity index (χ1n) is 11.3. The maximum absolute atomic E-state index is 13.5. The average molecular weight is 467 g/mol. The molecule has 2 amide bonds. The second kappa shape index (κ2) is 8.44. The van der Waals surface area contributed by atoms with Crippen molar-refractivity contribution >= 4 is 22.8 Å². The molecule has 0 saturated heterocycles. The lowest BCUT2D eigenvalue weighted by Crippen LogP contribution is -2.35. The first kappa shape index (κ1) is 22.4. The van der Waals surface area contributed by atoms with Gasteiger partial charge in [0.15, 0.2) is 0 Å². The van der Waals surface area contributed by atoms with Gasteiger partial charge in [-0.05, 0) is 85.0 Å². The molecule has 4 aromatic rings. The second-order valence-electron chi connectivity index (χ2n) is 8.81. The van der Waals surface area contributed by atoms with Gasteiger partial charge >= 0.3 is 0 Å². The van der Waals surface area contributed by atoms with Crippen LogP contribution >= 0.6 is 0 Å². The maximum atomic E-state index is 13.5. The van der Waals surface area contributed by atoms with E-state index in [-0.39, 0.29) is 17.6 Å². The molecule has 35 heavy (non-hydrogen) atoms. The number of hydrogen-bond donors (Lipinski definition) is 2. The van der Waals surface area contributed by atoms with Crippen LogP contribution in [0.4, 0.5) is 4.39 Å². The zero-order valence-corrected chi connectivity index (χ0v) is 19.4. The summed E-state index contributed by atoms with van der Waals surface area (Å²) < 4.78 is 19.5. The van der Waals surface area contributed by atoms with Crippen molar-refractivity contribution in [2.45, 2.75) is 25.3 Å². The Morgan fingerprint density at radius 1 is 1.00 bits per heavy atom. The van der Waals surface area contributed by atoms with E-state index in [1.165, 1.54) is 12.1 Å². The number of terminal acetylenes is 1. The van der Waals surface area contributed by atoms with Gasteiger partial charge in [-0.15, -0.1) is 6.42 Å². The zero-order valence-electron chi connectivity index (χ0n) is 19.4. The lowest BCUT2D eigenvalue weighted by atomic mass is 9.95. The molecule has 1 aromatic heterocycles. The Morgan fingerprint density at radius 3 is 2.37 bits per heavy atom. The number of carbonyl (C=O) groups excluding carboxylic acids is 2. The minimum absolute atomic E-state index is 0.212. The molecule has 3 aromatic carbocycles. The fraction of sp³-hybridized carbons (Fsp3) is 0.172. The van der Waals surface area contributed by atoms with E-state index in [2.05, 4.69) is 16.6 Å². The Hall–Kier alpha value is -4.37. The van der Waals surface area contributed by atoms with E-state index in [4.69, 9.17) is 10.8 Å². The predicted octanol–water partition coefficient (Wildman–Crippen LogP) is 5.47. The largest absolute Gasteiger partial charge is 0.455 e. The number of nitrogens with one attached hydrogen (secondary N) is 2. The summed E-state index contributed by atoms with van der Waals surface area (Å²) in [7, 11) is 1.55. The van der Waals surface area contributed by atoms with E-state index < -0.39 is 5.54 Å². The van der Waals surface area contributed by atoms with Crippen LogP contribution in [0.15, 0.2) is 65.1 Å². The van der Waals surface area contributed by atoms with Crippen LogP contribution in [-0.2, 0) is 0 Å². The van der Waals surface area contributed by atoms with Crippen LogP contribution in [-0.4, -0.2) is 24.4 Å². The molecule has 5 nitrogen and oxygen atoms in total. The molecule has 1 fully saturated rings. The summed E-state index contributed by atoms with van der Waals surface area (Å²) in [5.41, 5.74) is 4.14. The minimum atomic E-state index is -0.531. The summed E-state index contributed by atoms with van der Waals surface area (Å²) in [5.74, 6) is 2.14. The summed E-state index contributed by atoms with van der Waals surface area (Å²) >= 11 is 0. The van der Waals surface area contributed by atoms with Gasteiger partial charge in [0.2, 0.25) is 0 Å². The van der Waals surface area contributed by atoms with Gasteiger partial charge in [-0.1, -0.05) is 18.1 Å². The molecule has 5 rings (SSSR count). The van der Waals surface area contributed by atoms with Gasteiger partial charge in [0.1, 0.15) is 22.7 Å². The molecular formula is C29H23FN2O3. The molecule has 0 unspecified atom stereocenters. The average Bonchev–Trinajstić information content (AvgIpc) is 3.54. The van der Waals surface area contributed by atoms with Crippen LogP contribution < -0.4 is 10.6 Å². The quantitative estimate of drug-likeness (QED) is 0.383. The highest BCUT2D eigenvalue weighted by molar-refractivity contribution is 6.12. The molecule has 2 N–H and O–H groups in total. The monoisotopic (exact) mass is 466 g/mol. The fourth-order valence-corrected chi connectivity index (χ4v) is 4.21. The lowest BCUT2D eigenvalue weighted by Gasteiger charge is -2.13. The topological polar surface area (TPSA) is 71.3 Å². The summed E-state index contributed by atoms with van der Waals surface area (Å²) in [5, 5.41) is 6.24. The number of halogens is 1. The Labute approximate surface area is 202 Å².